The molecule has 0 radical (unpaired) electrons. The van der Waals surface area contributed by atoms with Crippen LogP contribution in [-0.4, -0.2) is 23.7 Å². The van der Waals surface area contributed by atoms with Crippen LogP contribution in [0.1, 0.15) is 61.9 Å². The number of hydrogen-bond acceptors (Lipinski definition) is 2. The van der Waals surface area contributed by atoms with E-state index in [1.54, 1.807) is 12.1 Å². The second-order valence-electron chi connectivity index (χ2n) is 5.26. The largest absolute Gasteiger partial charge is 0.384 e. The highest BCUT2D eigenvalue weighted by Crippen LogP contribution is 2.08. The van der Waals surface area contributed by atoms with E-state index >= 15 is 0 Å². The summed E-state index contributed by atoms with van der Waals surface area (Å²) in [5, 5.41) is 11.7. The average molecular weight is 287 g/mol. The summed E-state index contributed by atoms with van der Waals surface area (Å²) in [4.78, 5) is 12.2. The van der Waals surface area contributed by atoms with Crippen molar-refractivity contribution in [3.63, 3.8) is 0 Å². The molecule has 0 aliphatic carbocycles. The third kappa shape index (κ3) is 6.97. The fourth-order valence-electron chi connectivity index (χ4n) is 2.14. The van der Waals surface area contributed by atoms with Crippen molar-refractivity contribution in [3.8, 4) is 11.8 Å². The fraction of sp³-hybridized carbons (Fsp3) is 0.500. The third-order valence-corrected chi connectivity index (χ3v) is 3.30. The summed E-state index contributed by atoms with van der Waals surface area (Å²) in [6.45, 7) is 4.06. The summed E-state index contributed by atoms with van der Waals surface area (Å²) in [5.74, 6) is 5.33. The van der Waals surface area contributed by atoms with Gasteiger partial charge < -0.3 is 10.4 Å². The van der Waals surface area contributed by atoms with Crippen LogP contribution in [0.2, 0.25) is 0 Å². The van der Waals surface area contributed by atoms with Gasteiger partial charge in [0.05, 0.1) is 0 Å². The quantitative estimate of drug-likeness (QED) is 0.598. The molecule has 21 heavy (non-hydrogen) atoms. The summed E-state index contributed by atoms with van der Waals surface area (Å²) in [7, 11) is 0. The van der Waals surface area contributed by atoms with Gasteiger partial charge in [-0.25, -0.2) is 0 Å². The molecule has 1 aromatic rings. The van der Waals surface area contributed by atoms with Crippen molar-refractivity contribution in [2.75, 3.05) is 6.61 Å². The van der Waals surface area contributed by atoms with Gasteiger partial charge in [-0.05, 0) is 31.5 Å². The Morgan fingerprint density at radius 3 is 2.86 bits per heavy atom. The van der Waals surface area contributed by atoms with Crippen molar-refractivity contribution in [1.29, 1.82) is 0 Å². The van der Waals surface area contributed by atoms with Crippen LogP contribution in [0, 0.1) is 11.8 Å². The van der Waals surface area contributed by atoms with Gasteiger partial charge >= 0.3 is 0 Å². The van der Waals surface area contributed by atoms with Crippen molar-refractivity contribution in [1.82, 2.24) is 5.32 Å². The molecule has 3 nitrogen and oxygen atoms in total. The van der Waals surface area contributed by atoms with E-state index in [0.29, 0.717) is 5.56 Å². The van der Waals surface area contributed by atoms with Gasteiger partial charge in [-0.1, -0.05) is 50.5 Å². The van der Waals surface area contributed by atoms with Gasteiger partial charge in [0.25, 0.3) is 5.91 Å². The molecule has 1 atom stereocenters. The summed E-state index contributed by atoms with van der Waals surface area (Å²) in [6, 6.07) is 7.35. The highest BCUT2D eigenvalue weighted by Gasteiger charge is 2.09. The number of hydrogen-bond donors (Lipinski definition) is 2. The molecule has 1 amide bonds. The van der Waals surface area contributed by atoms with Crippen LogP contribution in [0.4, 0.5) is 0 Å². The first kappa shape index (κ1) is 17.3. The van der Waals surface area contributed by atoms with E-state index in [-0.39, 0.29) is 18.6 Å². The molecule has 0 spiro atoms. The number of benzene rings is 1. The lowest BCUT2D eigenvalue weighted by Crippen LogP contribution is -2.32. The number of unbranched alkanes of at least 4 members (excludes halogenated alkanes) is 3. The van der Waals surface area contributed by atoms with Crippen LogP contribution in [-0.2, 0) is 0 Å². The molecular formula is C18H25NO2. The van der Waals surface area contributed by atoms with Crippen LogP contribution < -0.4 is 5.32 Å². The van der Waals surface area contributed by atoms with Gasteiger partial charge in [-0.2, -0.15) is 0 Å². The summed E-state index contributed by atoms with van der Waals surface area (Å²) < 4.78 is 0. The zero-order chi connectivity index (χ0) is 15.5. The molecule has 0 fully saturated rings. The molecule has 1 unspecified atom stereocenters. The van der Waals surface area contributed by atoms with Crippen LogP contribution in [0.15, 0.2) is 24.3 Å². The maximum atomic E-state index is 12.2. The minimum atomic E-state index is -0.175. The van der Waals surface area contributed by atoms with Crippen LogP contribution in [0.5, 0.6) is 0 Å². The Bertz CT molecular complexity index is 499. The van der Waals surface area contributed by atoms with Crippen molar-refractivity contribution in [3.05, 3.63) is 35.4 Å². The van der Waals surface area contributed by atoms with Crippen molar-refractivity contribution in [2.45, 2.75) is 52.0 Å². The maximum Gasteiger partial charge on any atom is 0.251 e. The second kappa shape index (κ2) is 10.0. The second-order valence-corrected chi connectivity index (χ2v) is 5.26. The maximum absolute atomic E-state index is 12.2. The van der Waals surface area contributed by atoms with E-state index in [0.717, 1.165) is 18.4 Å². The van der Waals surface area contributed by atoms with Crippen LogP contribution in [0.3, 0.4) is 0 Å². The Morgan fingerprint density at radius 2 is 2.14 bits per heavy atom. The Hall–Kier alpha value is -1.79. The minimum absolute atomic E-state index is 0.0642. The molecule has 0 saturated heterocycles. The summed E-state index contributed by atoms with van der Waals surface area (Å²) in [5.41, 5.74) is 1.35. The van der Waals surface area contributed by atoms with Gasteiger partial charge in [-0.15, -0.1) is 0 Å². The zero-order valence-electron chi connectivity index (χ0n) is 13.0. The molecule has 1 rings (SSSR count). The summed E-state index contributed by atoms with van der Waals surface area (Å²) in [6.07, 6.45) is 5.87. The molecule has 0 bridgehead atoms. The van der Waals surface area contributed by atoms with Gasteiger partial charge in [0.15, 0.2) is 0 Å². The molecule has 1 aromatic carbocycles. The van der Waals surface area contributed by atoms with Gasteiger partial charge in [-0.3, -0.25) is 4.79 Å². The monoisotopic (exact) mass is 287 g/mol. The number of nitrogens with one attached hydrogen (secondary N) is 1. The van der Waals surface area contributed by atoms with Gasteiger partial charge in [0.2, 0.25) is 0 Å². The Balaban J connectivity index is 2.51. The van der Waals surface area contributed by atoms with E-state index in [1.807, 2.05) is 19.1 Å². The lowest BCUT2D eigenvalue weighted by molar-refractivity contribution is 0.0938. The molecule has 114 valence electrons. The molecule has 0 heterocycles. The van der Waals surface area contributed by atoms with E-state index in [1.165, 1.54) is 19.3 Å². The van der Waals surface area contributed by atoms with Gasteiger partial charge in [0, 0.05) is 17.2 Å². The molecule has 2 N–H and O–H groups in total. The SMILES string of the molecule is CCCCCCC(C)NC(=O)c1cccc(C#CCO)c1. The molecule has 0 saturated carbocycles. The van der Waals surface area contributed by atoms with Crippen molar-refractivity contribution >= 4 is 5.91 Å². The van der Waals surface area contributed by atoms with E-state index in [4.69, 9.17) is 5.11 Å². The molecule has 0 aromatic heterocycles. The highest BCUT2D eigenvalue weighted by atomic mass is 16.2. The number of carbonyl (C=O) groups is 1. The third-order valence-electron chi connectivity index (χ3n) is 3.30. The number of rotatable bonds is 7. The first-order chi connectivity index (χ1) is 10.2. The lowest BCUT2D eigenvalue weighted by atomic mass is 10.1. The average Bonchev–Trinajstić information content (AvgIpc) is 2.50. The first-order valence-corrected chi connectivity index (χ1v) is 7.68. The van der Waals surface area contributed by atoms with Gasteiger partial charge in [0.1, 0.15) is 6.61 Å². The summed E-state index contributed by atoms with van der Waals surface area (Å²) >= 11 is 0. The molecule has 0 aliphatic heterocycles. The van der Waals surface area contributed by atoms with E-state index < -0.39 is 0 Å². The topological polar surface area (TPSA) is 49.3 Å². The predicted molar refractivity (Wildman–Crippen MR) is 86.1 cm³/mol. The molecular weight excluding hydrogens is 262 g/mol. The minimum Gasteiger partial charge on any atom is -0.384 e. The molecule has 3 heteroatoms. The van der Waals surface area contributed by atoms with Crippen LogP contribution >= 0.6 is 0 Å². The van der Waals surface area contributed by atoms with Crippen molar-refractivity contribution in [2.24, 2.45) is 0 Å². The number of aliphatic hydroxyl groups is 1. The predicted octanol–water partition coefficient (Wildman–Crippen LogP) is 3.12. The zero-order valence-corrected chi connectivity index (χ0v) is 13.0. The smallest absolute Gasteiger partial charge is 0.251 e. The number of carbonyl (C=O) groups excluding carboxylic acids is 1. The highest BCUT2D eigenvalue weighted by molar-refractivity contribution is 5.94. The lowest BCUT2D eigenvalue weighted by Gasteiger charge is -2.13. The number of amides is 1. The first-order valence-electron chi connectivity index (χ1n) is 7.68. The fourth-order valence-corrected chi connectivity index (χ4v) is 2.14. The Kier molecular flexibility index (Phi) is 8.23. The van der Waals surface area contributed by atoms with E-state index in [9.17, 15) is 4.79 Å². The Labute approximate surface area is 127 Å². The van der Waals surface area contributed by atoms with Crippen LogP contribution in [0.25, 0.3) is 0 Å². The molecule has 0 aliphatic rings. The standard InChI is InChI=1S/C18H25NO2/c1-3-4-5-6-9-15(2)19-18(21)17-12-7-10-16(14-17)11-8-13-20/h7,10,12,14-15,20H,3-6,9,13H2,1-2H3,(H,19,21). The Morgan fingerprint density at radius 1 is 1.33 bits per heavy atom. The van der Waals surface area contributed by atoms with Crippen molar-refractivity contribution < 1.29 is 9.90 Å². The normalized spacial score (nSPS) is 11.4. The van der Waals surface area contributed by atoms with E-state index in [2.05, 4.69) is 24.1 Å². The number of aliphatic hydroxyl groups excluding tert-OH is 1.